The van der Waals surface area contributed by atoms with Crippen molar-refractivity contribution in [2.75, 3.05) is 13.1 Å². The van der Waals surface area contributed by atoms with Crippen LogP contribution < -0.4 is 0 Å². The first-order valence-electron chi connectivity index (χ1n) is 9.54. The number of hydrogen-bond donors (Lipinski definition) is 2. The summed E-state index contributed by atoms with van der Waals surface area (Å²) in [5.41, 5.74) is -2.14. The average Bonchev–Trinajstić information content (AvgIpc) is 3.09. The van der Waals surface area contributed by atoms with Crippen LogP contribution in [0.3, 0.4) is 0 Å². The molecule has 4 heterocycles. The minimum absolute atomic E-state index is 0.0908. The number of aromatic nitrogens is 1. The first kappa shape index (κ1) is 22.5. The first-order chi connectivity index (χ1) is 15.1. The second-order valence-electron chi connectivity index (χ2n) is 7.33. The van der Waals surface area contributed by atoms with E-state index in [0.717, 1.165) is 11.1 Å². The van der Waals surface area contributed by atoms with Gasteiger partial charge < -0.3 is 19.8 Å². The molecule has 0 fully saturated rings. The maximum atomic E-state index is 14.0. The van der Waals surface area contributed by atoms with Crippen LogP contribution in [0.4, 0.5) is 17.6 Å². The number of alkyl halides is 4. The molecule has 7 nitrogen and oxygen atoms in total. The Morgan fingerprint density at radius 2 is 2.06 bits per heavy atom. The lowest BCUT2D eigenvalue weighted by Crippen LogP contribution is -2.46. The largest absolute Gasteiger partial charge is 0.489 e. The van der Waals surface area contributed by atoms with Crippen LogP contribution in [-0.4, -0.2) is 74.5 Å². The molecular formula is C19H16BClF4N4O3. The summed E-state index contributed by atoms with van der Waals surface area (Å²) in [4.78, 5) is 23.2. The number of amides is 1. The van der Waals surface area contributed by atoms with Crippen molar-refractivity contribution < 1.29 is 32.4 Å². The smallest absolute Gasteiger partial charge is 0.423 e. The highest BCUT2D eigenvalue weighted by Gasteiger charge is 2.49. The molecule has 1 aromatic rings. The van der Waals surface area contributed by atoms with Crippen molar-refractivity contribution >= 4 is 36.0 Å². The molecule has 3 aliphatic heterocycles. The summed E-state index contributed by atoms with van der Waals surface area (Å²) in [5.74, 6) is -1.65. The summed E-state index contributed by atoms with van der Waals surface area (Å²) in [6, 6.07) is 1.40. The molecule has 13 heteroatoms. The van der Waals surface area contributed by atoms with Crippen molar-refractivity contribution in [2.45, 2.75) is 24.1 Å². The van der Waals surface area contributed by atoms with Gasteiger partial charge in [0.2, 0.25) is 0 Å². The number of halogens is 5. The molecule has 3 aliphatic rings. The van der Waals surface area contributed by atoms with Crippen LogP contribution in [0.1, 0.15) is 12.1 Å². The molecule has 4 rings (SSSR count). The van der Waals surface area contributed by atoms with Crippen LogP contribution in [0.25, 0.3) is 5.57 Å². The molecule has 168 valence electrons. The standard InChI is InChI=1S/C19H16BClF4N4O3/c21-16-15(27-17-12(19(23,24)25)8-11(20(31)32)9-29(16)17)18(30)28-6-3-10(4-7-28)14-13(22)2-1-5-26-14/h1-3,5,8-9,15-16,31-32H,4,6-7H2. The molecule has 0 saturated heterocycles. The summed E-state index contributed by atoms with van der Waals surface area (Å²) < 4.78 is 54.5. The number of carbonyl (C=O) groups is 1. The van der Waals surface area contributed by atoms with E-state index >= 15 is 0 Å². The minimum Gasteiger partial charge on any atom is -0.423 e. The highest BCUT2D eigenvalue weighted by Crippen LogP contribution is 2.38. The third kappa shape index (κ3) is 4.05. The summed E-state index contributed by atoms with van der Waals surface area (Å²) in [6.45, 7) is 0.275. The van der Waals surface area contributed by atoms with E-state index in [1.165, 1.54) is 23.2 Å². The van der Waals surface area contributed by atoms with Gasteiger partial charge in [0.25, 0.3) is 5.91 Å². The summed E-state index contributed by atoms with van der Waals surface area (Å²) in [5, 5.41) is 18.7. The normalized spacial score (nSPS) is 23.2. The maximum Gasteiger partial charge on any atom is 0.489 e. The Bertz CT molecular complexity index is 1070. The predicted octanol–water partition coefficient (Wildman–Crippen LogP) is 1.88. The van der Waals surface area contributed by atoms with Gasteiger partial charge in [-0.15, -0.1) is 0 Å². The Kier molecular flexibility index (Phi) is 5.86. The Morgan fingerprint density at radius 3 is 2.66 bits per heavy atom. The Balaban J connectivity index is 1.57. The fourth-order valence-corrected chi connectivity index (χ4v) is 4.03. The van der Waals surface area contributed by atoms with Gasteiger partial charge in [-0.05, 0) is 35.7 Å². The lowest BCUT2D eigenvalue weighted by molar-refractivity contribution is -0.132. The molecule has 0 bridgehead atoms. The molecule has 2 atom stereocenters. The first-order valence-corrected chi connectivity index (χ1v) is 9.97. The number of carbonyl (C=O) groups excluding carboxylic acids is 1. The molecule has 0 aliphatic carbocycles. The van der Waals surface area contributed by atoms with Gasteiger partial charge in [-0.3, -0.25) is 14.8 Å². The van der Waals surface area contributed by atoms with Crippen LogP contribution in [0, 0.1) is 5.82 Å². The predicted molar refractivity (Wildman–Crippen MR) is 108 cm³/mol. The van der Waals surface area contributed by atoms with Gasteiger partial charge in [0, 0.05) is 25.5 Å². The van der Waals surface area contributed by atoms with Crippen LogP contribution in [0.2, 0.25) is 0 Å². The second kappa shape index (κ2) is 8.34. The van der Waals surface area contributed by atoms with Crippen molar-refractivity contribution in [3.05, 3.63) is 59.2 Å². The number of allylic oxidation sites excluding steroid dienone is 2. The van der Waals surface area contributed by atoms with E-state index in [2.05, 4.69) is 9.98 Å². The highest BCUT2D eigenvalue weighted by molar-refractivity contribution is 6.52. The number of fused-ring (bicyclic) bond motifs is 1. The average molecular weight is 471 g/mol. The van der Waals surface area contributed by atoms with E-state index in [-0.39, 0.29) is 18.8 Å². The SMILES string of the molecule is O=C(C1N=C2C(C(F)(F)F)=CC(B(O)O)=CN2C1Cl)N1CC=C(c2ncccc2F)CC1. The van der Waals surface area contributed by atoms with Gasteiger partial charge in [-0.25, -0.2) is 4.39 Å². The lowest BCUT2D eigenvalue weighted by atomic mass is 9.77. The summed E-state index contributed by atoms with van der Waals surface area (Å²) in [6.07, 6.45) is 0.127. The van der Waals surface area contributed by atoms with Gasteiger partial charge in [0.05, 0.1) is 5.57 Å². The van der Waals surface area contributed by atoms with Crippen molar-refractivity contribution in [1.29, 1.82) is 0 Å². The highest BCUT2D eigenvalue weighted by atomic mass is 35.5. The third-order valence-electron chi connectivity index (χ3n) is 5.31. The molecule has 1 amide bonds. The van der Waals surface area contributed by atoms with Crippen molar-refractivity contribution in [3.63, 3.8) is 0 Å². The fraction of sp³-hybridized carbons (Fsp3) is 0.316. The molecule has 2 unspecified atom stereocenters. The Hall–Kier alpha value is -2.70. The number of rotatable bonds is 3. The van der Waals surface area contributed by atoms with E-state index in [9.17, 15) is 32.4 Å². The van der Waals surface area contributed by atoms with Gasteiger partial charge in [0.15, 0.2) is 6.04 Å². The van der Waals surface area contributed by atoms with E-state index in [1.807, 2.05) is 0 Å². The second-order valence-corrected chi connectivity index (χ2v) is 7.78. The molecule has 32 heavy (non-hydrogen) atoms. The third-order valence-corrected chi connectivity index (χ3v) is 5.76. The van der Waals surface area contributed by atoms with E-state index in [1.54, 1.807) is 6.08 Å². The maximum absolute atomic E-state index is 14.0. The number of hydrogen-bond acceptors (Lipinski definition) is 6. The van der Waals surface area contributed by atoms with Crippen molar-refractivity contribution in [3.8, 4) is 0 Å². The number of pyridine rings is 1. The van der Waals surface area contributed by atoms with Crippen LogP contribution in [0.15, 0.2) is 52.7 Å². The zero-order valence-corrected chi connectivity index (χ0v) is 17.1. The molecule has 0 aromatic carbocycles. The van der Waals surface area contributed by atoms with Gasteiger partial charge in [-0.2, -0.15) is 13.2 Å². The summed E-state index contributed by atoms with van der Waals surface area (Å²) >= 11 is 6.28. The fourth-order valence-electron chi connectivity index (χ4n) is 3.72. The number of amidine groups is 1. The molecule has 2 N–H and O–H groups in total. The molecular weight excluding hydrogens is 454 g/mol. The Morgan fingerprint density at radius 1 is 1.31 bits per heavy atom. The van der Waals surface area contributed by atoms with Crippen molar-refractivity contribution in [1.82, 2.24) is 14.8 Å². The lowest BCUT2D eigenvalue weighted by Gasteiger charge is -2.30. The molecule has 0 radical (unpaired) electrons. The van der Waals surface area contributed by atoms with Gasteiger partial charge in [0.1, 0.15) is 22.8 Å². The van der Waals surface area contributed by atoms with E-state index in [4.69, 9.17) is 11.6 Å². The quantitative estimate of drug-likeness (QED) is 0.305. The van der Waals surface area contributed by atoms with E-state index in [0.29, 0.717) is 18.1 Å². The number of aliphatic imine (C=N–C) groups is 1. The van der Waals surface area contributed by atoms with Crippen LogP contribution in [-0.2, 0) is 4.79 Å². The zero-order chi connectivity index (χ0) is 23.2. The molecule has 0 saturated carbocycles. The molecule has 1 aromatic heterocycles. The molecule has 0 spiro atoms. The Labute approximate surface area is 185 Å². The van der Waals surface area contributed by atoms with Gasteiger partial charge in [-0.1, -0.05) is 17.7 Å². The topological polar surface area (TPSA) is 89.3 Å². The van der Waals surface area contributed by atoms with Crippen LogP contribution >= 0.6 is 11.6 Å². The van der Waals surface area contributed by atoms with Gasteiger partial charge >= 0.3 is 13.3 Å². The van der Waals surface area contributed by atoms with Crippen molar-refractivity contribution in [2.24, 2.45) is 4.99 Å². The minimum atomic E-state index is -4.85. The summed E-state index contributed by atoms with van der Waals surface area (Å²) in [7, 11) is -2.16. The van der Waals surface area contributed by atoms with E-state index < -0.39 is 53.4 Å². The zero-order valence-electron chi connectivity index (χ0n) is 16.3. The van der Waals surface area contributed by atoms with Crippen LogP contribution in [0.5, 0.6) is 0 Å². The monoisotopic (exact) mass is 470 g/mol. The number of nitrogens with zero attached hydrogens (tertiary/aromatic N) is 4.